The Morgan fingerprint density at radius 3 is 1.90 bits per heavy atom. The molecule has 3 amide bonds. The summed E-state index contributed by atoms with van der Waals surface area (Å²) in [5.74, 6) is -2.24. The predicted octanol–water partition coefficient (Wildman–Crippen LogP) is 5.96. The normalized spacial score (nSPS) is 11.2. The molecule has 0 spiro atoms. The van der Waals surface area contributed by atoms with Gasteiger partial charge in [0.05, 0.1) is 18.6 Å². The van der Waals surface area contributed by atoms with Gasteiger partial charge >= 0.3 is 11.9 Å². The molecule has 0 aromatic heterocycles. The van der Waals surface area contributed by atoms with Gasteiger partial charge in [0.2, 0.25) is 11.8 Å². The molecule has 11 nitrogen and oxygen atoms in total. The number of hydrogen-bond acceptors (Lipinski definition) is 7. The van der Waals surface area contributed by atoms with Gasteiger partial charge in [-0.3, -0.25) is 14.4 Å². The van der Waals surface area contributed by atoms with Crippen molar-refractivity contribution in [3.8, 4) is 11.5 Å². The fraction of sp³-hybridized carbons (Fsp3) is 0.256. The van der Waals surface area contributed by atoms with Crippen LogP contribution in [0.5, 0.6) is 11.5 Å². The molecule has 1 atom stereocenters. The van der Waals surface area contributed by atoms with Gasteiger partial charge in [-0.05, 0) is 90.3 Å². The van der Waals surface area contributed by atoms with E-state index in [1.54, 1.807) is 72.8 Å². The molecule has 260 valence electrons. The average Bonchev–Trinajstić information content (AvgIpc) is 3.11. The zero-order valence-corrected chi connectivity index (χ0v) is 27.9. The van der Waals surface area contributed by atoms with E-state index in [0.717, 1.165) is 12.8 Å². The number of carboxylic acids is 1. The van der Waals surface area contributed by atoms with Crippen molar-refractivity contribution in [3.63, 3.8) is 0 Å². The first-order valence-electron chi connectivity index (χ1n) is 16.5. The number of aliphatic carboxylic acids is 1. The van der Waals surface area contributed by atoms with E-state index in [4.69, 9.17) is 15.2 Å². The second-order valence-corrected chi connectivity index (χ2v) is 11.8. The molecule has 0 saturated carbocycles. The summed E-state index contributed by atoms with van der Waals surface area (Å²) in [5, 5.41) is 15.0. The minimum atomic E-state index is -1.23. The van der Waals surface area contributed by atoms with E-state index >= 15 is 0 Å². The number of carboxylic acid groups (broad SMARTS) is 1. The van der Waals surface area contributed by atoms with Crippen molar-refractivity contribution in [1.82, 2.24) is 5.32 Å². The fourth-order valence-corrected chi connectivity index (χ4v) is 5.00. The van der Waals surface area contributed by atoms with Crippen molar-refractivity contribution in [2.24, 2.45) is 5.73 Å². The van der Waals surface area contributed by atoms with Crippen LogP contribution in [0.1, 0.15) is 81.2 Å². The Morgan fingerprint density at radius 1 is 0.700 bits per heavy atom. The minimum absolute atomic E-state index is 0.00999. The smallest absolute Gasteiger partial charge is 0.343 e. The quantitative estimate of drug-likeness (QED) is 0.0566. The minimum Gasteiger partial charge on any atom is -0.494 e. The topological polar surface area (TPSA) is 174 Å². The van der Waals surface area contributed by atoms with Crippen LogP contribution in [-0.4, -0.2) is 47.4 Å². The first-order chi connectivity index (χ1) is 24.1. The van der Waals surface area contributed by atoms with Gasteiger partial charge in [-0.1, -0.05) is 56.9 Å². The molecule has 0 saturated heterocycles. The van der Waals surface area contributed by atoms with E-state index in [2.05, 4.69) is 17.6 Å². The number of amides is 3. The van der Waals surface area contributed by atoms with Crippen molar-refractivity contribution in [2.75, 3.05) is 11.9 Å². The van der Waals surface area contributed by atoms with Crippen molar-refractivity contribution >= 4 is 35.3 Å². The van der Waals surface area contributed by atoms with Gasteiger partial charge < -0.3 is 30.9 Å². The summed E-state index contributed by atoms with van der Waals surface area (Å²) in [4.78, 5) is 61.2. The van der Waals surface area contributed by atoms with Crippen LogP contribution in [0.25, 0.3) is 0 Å². The molecule has 5 N–H and O–H groups in total. The van der Waals surface area contributed by atoms with Gasteiger partial charge in [-0.15, -0.1) is 0 Å². The van der Waals surface area contributed by atoms with E-state index in [0.29, 0.717) is 40.3 Å². The number of hydrogen-bond donors (Lipinski definition) is 4. The number of carbonyl (C=O) groups is 5. The lowest BCUT2D eigenvalue weighted by Gasteiger charge is -2.15. The Hall–Kier alpha value is -5.97. The fourth-order valence-electron chi connectivity index (χ4n) is 5.00. The van der Waals surface area contributed by atoms with Gasteiger partial charge in [0.15, 0.2) is 0 Å². The van der Waals surface area contributed by atoms with Crippen LogP contribution in [0.15, 0.2) is 97.1 Å². The highest BCUT2D eigenvalue weighted by Gasteiger charge is 2.21. The van der Waals surface area contributed by atoms with Crippen LogP contribution in [0.2, 0.25) is 0 Å². The lowest BCUT2D eigenvalue weighted by molar-refractivity contribution is -0.139. The van der Waals surface area contributed by atoms with Crippen molar-refractivity contribution < 1.29 is 38.6 Å². The number of anilines is 1. The predicted molar refractivity (Wildman–Crippen MR) is 188 cm³/mol. The molecule has 0 bridgehead atoms. The number of primary amides is 1. The first kappa shape index (κ1) is 36.9. The standard InChI is InChI=1S/C39H41N3O8/c1-2-3-4-5-6-23-49-32-21-15-30(16-22-32)39(48)50-33-19-9-26(10-20-33)24-34(38(46)47)42-37(45)29-13-17-31(18-14-29)41-35(43)25-27-7-11-28(12-8-27)36(40)44/h7-22,34H,2-6,23-25H2,1H3,(H2,40,44)(H,41,43)(H,42,45)(H,46,47). The monoisotopic (exact) mass is 679 g/mol. The molecule has 50 heavy (non-hydrogen) atoms. The highest BCUT2D eigenvalue weighted by atomic mass is 16.5. The second kappa shape index (κ2) is 18.5. The number of benzene rings is 4. The number of rotatable bonds is 18. The Bertz CT molecular complexity index is 1750. The molecular formula is C39H41N3O8. The van der Waals surface area contributed by atoms with Crippen molar-refractivity contribution in [2.45, 2.75) is 57.9 Å². The molecule has 0 heterocycles. The molecule has 11 heteroatoms. The van der Waals surface area contributed by atoms with Crippen LogP contribution in [0, 0.1) is 0 Å². The van der Waals surface area contributed by atoms with E-state index in [-0.39, 0.29) is 30.1 Å². The molecule has 0 aliphatic rings. The molecule has 0 radical (unpaired) electrons. The summed E-state index contributed by atoms with van der Waals surface area (Å²) < 4.78 is 11.2. The number of carbonyl (C=O) groups excluding carboxylic acids is 4. The zero-order valence-electron chi connectivity index (χ0n) is 27.9. The molecule has 0 aliphatic heterocycles. The van der Waals surface area contributed by atoms with Crippen molar-refractivity contribution in [3.05, 3.63) is 125 Å². The molecule has 0 aliphatic carbocycles. The third-order valence-electron chi connectivity index (χ3n) is 7.82. The lowest BCUT2D eigenvalue weighted by Crippen LogP contribution is -2.42. The Balaban J connectivity index is 1.24. The van der Waals surface area contributed by atoms with Crippen molar-refractivity contribution in [1.29, 1.82) is 0 Å². The van der Waals surface area contributed by atoms with Gasteiger partial charge in [-0.2, -0.15) is 0 Å². The van der Waals surface area contributed by atoms with E-state index in [1.165, 1.54) is 43.5 Å². The third-order valence-corrected chi connectivity index (χ3v) is 7.82. The average molecular weight is 680 g/mol. The maximum Gasteiger partial charge on any atom is 0.343 e. The van der Waals surface area contributed by atoms with Crippen LogP contribution in [-0.2, 0) is 22.4 Å². The maximum absolute atomic E-state index is 12.9. The second-order valence-electron chi connectivity index (χ2n) is 11.8. The Labute approximate surface area is 290 Å². The highest BCUT2D eigenvalue weighted by Crippen LogP contribution is 2.19. The van der Waals surface area contributed by atoms with Crippen LogP contribution < -0.4 is 25.8 Å². The van der Waals surface area contributed by atoms with Crippen LogP contribution in [0.3, 0.4) is 0 Å². The van der Waals surface area contributed by atoms with Gasteiger partial charge in [0.1, 0.15) is 17.5 Å². The largest absolute Gasteiger partial charge is 0.494 e. The number of esters is 1. The molecule has 4 aromatic carbocycles. The van der Waals surface area contributed by atoms with Gasteiger partial charge in [0, 0.05) is 23.2 Å². The van der Waals surface area contributed by atoms with Gasteiger partial charge in [-0.25, -0.2) is 9.59 Å². The maximum atomic E-state index is 12.9. The highest BCUT2D eigenvalue weighted by molar-refractivity contribution is 5.98. The molecular weight excluding hydrogens is 638 g/mol. The summed E-state index contributed by atoms with van der Waals surface area (Å²) >= 11 is 0. The lowest BCUT2D eigenvalue weighted by atomic mass is 10.0. The Morgan fingerprint density at radius 2 is 1.28 bits per heavy atom. The van der Waals surface area contributed by atoms with Crippen LogP contribution >= 0.6 is 0 Å². The number of ether oxygens (including phenoxy) is 2. The molecule has 4 aromatic rings. The van der Waals surface area contributed by atoms with E-state index in [9.17, 15) is 29.1 Å². The number of nitrogens with one attached hydrogen (secondary N) is 2. The summed E-state index contributed by atoms with van der Waals surface area (Å²) in [5.41, 5.74) is 7.90. The third kappa shape index (κ3) is 11.6. The van der Waals surface area contributed by atoms with Gasteiger partial charge in [0.25, 0.3) is 5.91 Å². The SMILES string of the molecule is CCCCCCCOc1ccc(C(=O)Oc2ccc(CC(NC(=O)c3ccc(NC(=O)Cc4ccc(C(N)=O)cc4)cc3)C(=O)O)cc2)cc1. The van der Waals surface area contributed by atoms with E-state index < -0.39 is 29.8 Å². The summed E-state index contributed by atoms with van der Waals surface area (Å²) in [6.45, 7) is 2.80. The molecule has 4 rings (SSSR count). The summed E-state index contributed by atoms with van der Waals surface area (Å²) in [7, 11) is 0. The first-order valence-corrected chi connectivity index (χ1v) is 16.5. The Kier molecular flexibility index (Phi) is 13.7. The summed E-state index contributed by atoms with van der Waals surface area (Å²) in [6.07, 6.45) is 5.78. The van der Waals surface area contributed by atoms with Crippen LogP contribution in [0.4, 0.5) is 5.69 Å². The number of unbranched alkanes of at least 4 members (excludes halogenated alkanes) is 4. The molecule has 0 fully saturated rings. The number of nitrogens with two attached hydrogens (primary N) is 1. The summed E-state index contributed by atoms with van der Waals surface area (Å²) in [6, 6.07) is 24.3. The van der Waals surface area contributed by atoms with E-state index in [1.807, 2.05) is 0 Å². The zero-order chi connectivity index (χ0) is 35.9. The molecule has 1 unspecified atom stereocenters.